The molecule has 5 nitrogen and oxygen atoms in total. The van der Waals surface area contributed by atoms with E-state index in [1.807, 2.05) is 30.3 Å². The van der Waals surface area contributed by atoms with Crippen LogP contribution in [0.2, 0.25) is 5.02 Å². The van der Waals surface area contributed by atoms with Gasteiger partial charge in [0.05, 0.1) is 24.8 Å². The van der Waals surface area contributed by atoms with Crippen LogP contribution >= 0.6 is 11.6 Å². The molecule has 2 aromatic rings. The molecule has 2 aliphatic heterocycles. The number of ether oxygens (including phenoxy) is 4. The van der Waals surface area contributed by atoms with Crippen LogP contribution in [0.25, 0.3) is 0 Å². The van der Waals surface area contributed by atoms with Gasteiger partial charge in [-0.25, -0.2) is 0 Å². The van der Waals surface area contributed by atoms with Crippen molar-refractivity contribution in [3.63, 3.8) is 0 Å². The summed E-state index contributed by atoms with van der Waals surface area (Å²) in [5.41, 5.74) is 7.45. The monoisotopic (exact) mass is 361 g/mol. The molecular weight excluding hydrogens is 342 g/mol. The molecule has 2 fully saturated rings. The second-order valence-electron chi connectivity index (χ2n) is 6.28. The second-order valence-corrected chi connectivity index (χ2v) is 6.68. The van der Waals surface area contributed by atoms with Gasteiger partial charge in [0.1, 0.15) is 24.1 Å². The number of fused-ring (bicyclic) bond motifs is 1. The van der Waals surface area contributed by atoms with Gasteiger partial charge in [-0.15, -0.1) is 0 Å². The molecule has 2 aromatic carbocycles. The molecule has 2 heterocycles. The number of hydrogen-bond donors (Lipinski definition) is 1. The molecule has 4 rings (SSSR count). The first kappa shape index (κ1) is 16.7. The summed E-state index contributed by atoms with van der Waals surface area (Å²) < 4.78 is 23.8. The second kappa shape index (κ2) is 7.22. The Bertz CT molecular complexity index is 727. The fourth-order valence-electron chi connectivity index (χ4n) is 3.23. The average molecular weight is 362 g/mol. The van der Waals surface area contributed by atoms with Crippen molar-refractivity contribution in [2.75, 3.05) is 18.9 Å². The summed E-state index contributed by atoms with van der Waals surface area (Å²) in [6.07, 6.45) is -0.590. The number of halogens is 1. The minimum Gasteiger partial charge on any atom is -0.484 e. The van der Waals surface area contributed by atoms with E-state index in [0.29, 0.717) is 36.3 Å². The van der Waals surface area contributed by atoms with Crippen molar-refractivity contribution < 1.29 is 18.9 Å². The van der Waals surface area contributed by atoms with E-state index in [1.54, 1.807) is 18.2 Å². The lowest BCUT2D eigenvalue weighted by Gasteiger charge is -2.19. The highest BCUT2D eigenvalue weighted by molar-refractivity contribution is 6.32. The van der Waals surface area contributed by atoms with Gasteiger partial charge < -0.3 is 24.7 Å². The first-order chi connectivity index (χ1) is 12.2. The number of nitrogens with two attached hydrogens (primary N) is 1. The molecule has 0 spiro atoms. The molecule has 2 saturated heterocycles. The molecule has 0 unspecified atom stereocenters. The van der Waals surface area contributed by atoms with E-state index in [2.05, 4.69) is 0 Å². The fraction of sp³-hybridized carbons (Fsp3) is 0.368. The first-order valence-corrected chi connectivity index (χ1v) is 8.69. The van der Waals surface area contributed by atoms with Crippen molar-refractivity contribution in [1.82, 2.24) is 0 Å². The van der Waals surface area contributed by atoms with Crippen molar-refractivity contribution in [1.29, 1.82) is 0 Å². The summed E-state index contributed by atoms with van der Waals surface area (Å²) in [6.45, 7) is 1.48. The Morgan fingerprint density at radius 1 is 1.00 bits per heavy atom. The number of hydrogen-bond acceptors (Lipinski definition) is 5. The molecule has 25 heavy (non-hydrogen) atoms. The lowest BCUT2D eigenvalue weighted by Crippen LogP contribution is -2.35. The smallest absolute Gasteiger partial charge is 0.151 e. The first-order valence-electron chi connectivity index (χ1n) is 8.31. The summed E-state index contributed by atoms with van der Waals surface area (Å²) in [5.74, 6) is 0.586. The van der Waals surface area contributed by atoms with Crippen molar-refractivity contribution in [2.24, 2.45) is 0 Å². The Morgan fingerprint density at radius 2 is 1.72 bits per heavy atom. The zero-order chi connectivity index (χ0) is 17.2. The molecule has 132 valence electrons. The van der Waals surface area contributed by atoms with Gasteiger partial charge in [0.15, 0.2) is 6.10 Å². The van der Waals surface area contributed by atoms with Crippen LogP contribution < -0.4 is 10.5 Å². The standard InChI is InChI=1S/C19H20ClNO4/c20-14-8-13(21)6-7-15(14)25-17-11-24-18-16(10-23-19(17)18)22-9-12-4-2-1-3-5-12/h1-8,16-19H,9-11,21H2/t16-,17-,18+,19+/m0/s1. The summed E-state index contributed by atoms with van der Waals surface area (Å²) in [4.78, 5) is 0. The Kier molecular flexibility index (Phi) is 4.81. The van der Waals surface area contributed by atoms with Gasteiger partial charge in [-0.05, 0) is 23.8 Å². The van der Waals surface area contributed by atoms with E-state index < -0.39 is 0 Å². The predicted octanol–water partition coefficient (Wildman–Crippen LogP) is 3.05. The lowest BCUT2D eigenvalue weighted by molar-refractivity contribution is -0.0425. The molecule has 0 radical (unpaired) electrons. The molecule has 0 saturated carbocycles. The van der Waals surface area contributed by atoms with Gasteiger partial charge >= 0.3 is 0 Å². The minimum atomic E-state index is -0.212. The number of nitrogen functional groups attached to an aromatic ring is 1. The zero-order valence-corrected chi connectivity index (χ0v) is 14.4. The number of benzene rings is 2. The van der Waals surface area contributed by atoms with Crippen LogP contribution in [0.1, 0.15) is 5.56 Å². The molecule has 0 amide bonds. The van der Waals surface area contributed by atoms with Crippen LogP contribution in [-0.2, 0) is 20.8 Å². The highest BCUT2D eigenvalue weighted by Crippen LogP contribution is 2.34. The van der Waals surface area contributed by atoms with Crippen molar-refractivity contribution in [3.8, 4) is 5.75 Å². The van der Waals surface area contributed by atoms with Crippen LogP contribution in [0.15, 0.2) is 48.5 Å². The van der Waals surface area contributed by atoms with Gasteiger partial charge in [-0.1, -0.05) is 41.9 Å². The van der Waals surface area contributed by atoms with Gasteiger partial charge in [-0.2, -0.15) is 0 Å². The Morgan fingerprint density at radius 3 is 2.48 bits per heavy atom. The van der Waals surface area contributed by atoms with E-state index in [9.17, 15) is 0 Å². The summed E-state index contributed by atoms with van der Waals surface area (Å²) >= 11 is 6.19. The summed E-state index contributed by atoms with van der Waals surface area (Å²) in [5, 5.41) is 0.485. The minimum absolute atomic E-state index is 0.0966. The van der Waals surface area contributed by atoms with Gasteiger partial charge in [0.25, 0.3) is 0 Å². The number of anilines is 1. The maximum Gasteiger partial charge on any atom is 0.151 e. The summed E-state index contributed by atoms with van der Waals surface area (Å²) in [6, 6.07) is 15.3. The van der Waals surface area contributed by atoms with Crippen LogP contribution in [0.3, 0.4) is 0 Å². The van der Waals surface area contributed by atoms with E-state index in [4.69, 9.17) is 36.3 Å². The van der Waals surface area contributed by atoms with Crippen LogP contribution in [0.5, 0.6) is 5.75 Å². The highest BCUT2D eigenvalue weighted by atomic mass is 35.5. The largest absolute Gasteiger partial charge is 0.484 e. The van der Waals surface area contributed by atoms with Gasteiger partial charge in [0.2, 0.25) is 0 Å². The van der Waals surface area contributed by atoms with Crippen molar-refractivity contribution in [3.05, 3.63) is 59.1 Å². The summed E-state index contributed by atoms with van der Waals surface area (Å²) in [7, 11) is 0. The average Bonchev–Trinajstić information content (AvgIpc) is 3.19. The topological polar surface area (TPSA) is 62.9 Å². The third-order valence-corrected chi connectivity index (χ3v) is 4.80. The SMILES string of the molecule is Nc1ccc(O[C@H]2CO[C@H]3[C@@H]2OC[C@@H]3OCc2ccccc2)c(Cl)c1. The van der Waals surface area contributed by atoms with Gasteiger partial charge in [-0.3, -0.25) is 0 Å². The Balaban J connectivity index is 1.36. The number of rotatable bonds is 5. The highest BCUT2D eigenvalue weighted by Gasteiger charge is 2.49. The Labute approximate surface area is 151 Å². The molecule has 0 bridgehead atoms. The molecule has 2 aliphatic rings. The normalized spacial score (nSPS) is 28.0. The maximum atomic E-state index is 6.19. The molecular formula is C19H20ClNO4. The van der Waals surface area contributed by atoms with E-state index in [-0.39, 0.29) is 24.4 Å². The molecule has 4 atom stereocenters. The van der Waals surface area contributed by atoms with E-state index in [0.717, 1.165) is 5.56 Å². The quantitative estimate of drug-likeness (QED) is 0.829. The molecule has 2 N–H and O–H groups in total. The van der Waals surface area contributed by atoms with Crippen LogP contribution in [0, 0.1) is 0 Å². The lowest BCUT2D eigenvalue weighted by atomic mass is 10.1. The molecule has 0 aromatic heterocycles. The zero-order valence-electron chi connectivity index (χ0n) is 13.6. The fourth-order valence-corrected chi connectivity index (χ4v) is 3.46. The van der Waals surface area contributed by atoms with Crippen molar-refractivity contribution in [2.45, 2.75) is 31.0 Å². The van der Waals surface area contributed by atoms with Crippen molar-refractivity contribution >= 4 is 17.3 Å². The third-order valence-electron chi connectivity index (χ3n) is 4.50. The predicted molar refractivity (Wildman–Crippen MR) is 94.8 cm³/mol. The van der Waals surface area contributed by atoms with Gasteiger partial charge in [0, 0.05) is 5.69 Å². The molecule has 6 heteroatoms. The van der Waals surface area contributed by atoms with E-state index >= 15 is 0 Å². The molecule has 0 aliphatic carbocycles. The Hall–Kier alpha value is -1.79. The van der Waals surface area contributed by atoms with Crippen LogP contribution in [0.4, 0.5) is 5.69 Å². The van der Waals surface area contributed by atoms with Crippen LogP contribution in [-0.4, -0.2) is 37.6 Å². The maximum absolute atomic E-state index is 6.19. The van der Waals surface area contributed by atoms with E-state index in [1.165, 1.54) is 0 Å². The third kappa shape index (κ3) is 3.60.